The molecule has 0 unspecified atom stereocenters. The summed E-state index contributed by atoms with van der Waals surface area (Å²) in [5.41, 5.74) is 0.735. The van der Waals surface area contributed by atoms with Crippen molar-refractivity contribution in [3.63, 3.8) is 0 Å². The first-order chi connectivity index (χ1) is 7.72. The zero-order chi connectivity index (χ0) is 11.1. The van der Waals surface area contributed by atoms with Crippen molar-refractivity contribution in [2.75, 3.05) is 0 Å². The normalized spacial score (nSPS) is 11.1. The lowest BCUT2D eigenvalue weighted by Crippen LogP contribution is -1.84. The quantitative estimate of drug-likeness (QED) is 0.700. The van der Waals surface area contributed by atoms with Crippen LogP contribution >= 0.6 is 11.3 Å². The molecule has 0 amide bonds. The van der Waals surface area contributed by atoms with Crippen molar-refractivity contribution >= 4 is 17.0 Å². The van der Waals surface area contributed by atoms with Crippen molar-refractivity contribution in [3.8, 4) is 16.5 Å². The monoisotopic (exact) mass is 231 g/mol. The summed E-state index contributed by atoms with van der Waals surface area (Å²) in [6.45, 7) is 2.05. The number of nitrogens with zero attached hydrogens (tertiary/aromatic N) is 3. The summed E-state index contributed by atoms with van der Waals surface area (Å²) in [5, 5.41) is 13.6. The molecule has 80 valence electrons. The molecule has 0 bridgehead atoms. The molecule has 3 rings (SSSR count). The molecule has 0 saturated heterocycles. The topological polar surface area (TPSA) is 50.4 Å². The summed E-state index contributed by atoms with van der Waals surface area (Å²) in [5.74, 6) is 0.884. The van der Waals surface area contributed by atoms with Crippen LogP contribution < -0.4 is 0 Å². The minimum atomic E-state index is 0.186. The summed E-state index contributed by atoms with van der Waals surface area (Å²) >= 11 is 1.66. The first kappa shape index (κ1) is 9.35. The van der Waals surface area contributed by atoms with Gasteiger partial charge in [0, 0.05) is 4.88 Å². The Balaban J connectivity index is 2.18. The Bertz CT molecular complexity index is 656. The molecule has 1 N–H and O–H groups in total. The molecule has 3 aromatic rings. The molecule has 16 heavy (non-hydrogen) atoms. The van der Waals surface area contributed by atoms with Gasteiger partial charge in [0.05, 0.1) is 11.1 Å². The van der Waals surface area contributed by atoms with Gasteiger partial charge in [0.2, 0.25) is 0 Å². The van der Waals surface area contributed by atoms with Crippen LogP contribution in [-0.4, -0.2) is 19.7 Å². The Kier molecular flexibility index (Phi) is 1.94. The average Bonchev–Trinajstić information content (AvgIpc) is 2.83. The minimum Gasteiger partial charge on any atom is -0.506 e. The number of aryl methyl sites for hydroxylation is 1. The van der Waals surface area contributed by atoms with Crippen molar-refractivity contribution in [2.24, 2.45) is 0 Å². The highest BCUT2D eigenvalue weighted by molar-refractivity contribution is 7.15. The number of pyridine rings is 1. The molecule has 3 aromatic heterocycles. The van der Waals surface area contributed by atoms with Crippen molar-refractivity contribution in [1.82, 2.24) is 14.6 Å². The number of hydrogen-bond donors (Lipinski definition) is 1. The first-order valence-electron chi connectivity index (χ1n) is 4.84. The van der Waals surface area contributed by atoms with Gasteiger partial charge in [-0.1, -0.05) is 0 Å². The highest BCUT2D eigenvalue weighted by Crippen LogP contribution is 2.25. The molecule has 0 saturated carbocycles. The van der Waals surface area contributed by atoms with Gasteiger partial charge in [0.1, 0.15) is 5.75 Å². The van der Waals surface area contributed by atoms with E-state index < -0.39 is 0 Å². The first-order valence-corrected chi connectivity index (χ1v) is 5.66. The molecule has 0 spiro atoms. The van der Waals surface area contributed by atoms with Crippen molar-refractivity contribution in [1.29, 1.82) is 0 Å². The van der Waals surface area contributed by atoms with Crippen LogP contribution in [-0.2, 0) is 0 Å². The predicted molar refractivity (Wildman–Crippen MR) is 62.7 cm³/mol. The fraction of sp³-hybridized carbons (Fsp3) is 0.0909. The maximum atomic E-state index is 9.33. The van der Waals surface area contributed by atoms with Crippen LogP contribution in [0.2, 0.25) is 0 Å². The second-order valence-electron chi connectivity index (χ2n) is 3.54. The van der Waals surface area contributed by atoms with Gasteiger partial charge >= 0.3 is 0 Å². The third-order valence-electron chi connectivity index (χ3n) is 2.28. The third-order valence-corrected chi connectivity index (χ3v) is 3.27. The molecule has 0 aromatic carbocycles. The smallest absolute Gasteiger partial charge is 0.192 e. The molecule has 0 atom stereocenters. The third kappa shape index (κ3) is 1.45. The van der Waals surface area contributed by atoms with E-state index >= 15 is 0 Å². The van der Waals surface area contributed by atoms with Gasteiger partial charge < -0.3 is 5.11 Å². The molecular weight excluding hydrogens is 222 g/mol. The van der Waals surface area contributed by atoms with Crippen LogP contribution in [0.1, 0.15) is 4.88 Å². The number of fused-ring (bicyclic) bond motifs is 1. The number of rotatable bonds is 1. The number of aromatic nitrogens is 3. The summed E-state index contributed by atoms with van der Waals surface area (Å²) in [6.07, 6.45) is 1.55. The van der Waals surface area contributed by atoms with E-state index in [1.165, 1.54) is 4.88 Å². The molecule has 0 aliphatic heterocycles. The van der Waals surface area contributed by atoms with Gasteiger partial charge in [-0.15, -0.1) is 16.4 Å². The lowest BCUT2D eigenvalue weighted by molar-refractivity contribution is 0.470. The Morgan fingerprint density at radius 1 is 1.25 bits per heavy atom. The maximum absolute atomic E-state index is 9.33. The van der Waals surface area contributed by atoms with Gasteiger partial charge in [0.15, 0.2) is 11.5 Å². The van der Waals surface area contributed by atoms with E-state index in [0.717, 1.165) is 10.5 Å². The average molecular weight is 231 g/mol. The van der Waals surface area contributed by atoms with Gasteiger partial charge in [-0.2, -0.15) is 0 Å². The SMILES string of the molecule is Cc1ccc(-c2nc3ccc(O)cn3n2)s1. The molecule has 0 radical (unpaired) electrons. The molecule has 4 nitrogen and oxygen atoms in total. The fourth-order valence-electron chi connectivity index (χ4n) is 1.53. The van der Waals surface area contributed by atoms with Crippen LogP contribution in [0.3, 0.4) is 0 Å². The van der Waals surface area contributed by atoms with Gasteiger partial charge in [0.25, 0.3) is 0 Å². The van der Waals surface area contributed by atoms with Crippen LogP contribution in [0.4, 0.5) is 0 Å². The summed E-state index contributed by atoms with van der Waals surface area (Å²) < 4.78 is 1.58. The number of thiophene rings is 1. The van der Waals surface area contributed by atoms with Crippen LogP contribution in [0, 0.1) is 6.92 Å². The molecule has 0 aliphatic carbocycles. The Labute approximate surface area is 95.8 Å². The van der Waals surface area contributed by atoms with E-state index in [-0.39, 0.29) is 5.75 Å². The van der Waals surface area contributed by atoms with Crippen molar-refractivity contribution in [3.05, 3.63) is 35.3 Å². The van der Waals surface area contributed by atoms with Gasteiger partial charge in [-0.25, -0.2) is 9.50 Å². The van der Waals surface area contributed by atoms with E-state index in [0.29, 0.717) is 5.82 Å². The molecule has 0 aliphatic rings. The Morgan fingerprint density at radius 2 is 2.12 bits per heavy atom. The molecule has 0 fully saturated rings. The van der Waals surface area contributed by atoms with E-state index in [2.05, 4.69) is 17.0 Å². The Hall–Kier alpha value is -1.88. The zero-order valence-corrected chi connectivity index (χ0v) is 9.40. The molecule has 5 heteroatoms. The highest BCUT2D eigenvalue weighted by atomic mass is 32.1. The highest BCUT2D eigenvalue weighted by Gasteiger charge is 2.08. The predicted octanol–water partition coefficient (Wildman–Crippen LogP) is 2.47. The van der Waals surface area contributed by atoms with Gasteiger partial charge in [-0.05, 0) is 31.2 Å². The largest absolute Gasteiger partial charge is 0.506 e. The molecule has 3 heterocycles. The lowest BCUT2D eigenvalue weighted by Gasteiger charge is -1.90. The van der Waals surface area contributed by atoms with Crippen LogP contribution in [0.5, 0.6) is 5.75 Å². The summed E-state index contributed by atoms with van der Waals surface area (Å²) in [6, 6.07) is 7.40. The van der Waals surface area contributed by atoms with E-state index in [4.69, 9.17) is 0 Å². The summed E-state index contributed by atoms with van der Waals surface area (Å²) in [7, 11) is 0. The van der Waals surface area contributed by atoms with Crippen molar-refractivity contribution in [2.45, 2.75) is 6.92 Å². The second kappa shape index (κ2) is 3.31. The molecular formula is C11H9N3OS. The number of hydrogen-bond acceptors (Lipinski definition) is 4. The summed E-state index contributed by atoms with van der Waals surface area (Å²) in [4.78, 5) is 6.66. The van der Waals surface area contributed by atoms with E-state index in [1.54, 1.807) is 34.2 Å². The number of aromatic hydroxyl groups is 1. The second-order valence-corrected chi connectivity index (χ2v) is 4.82. The van der Waals surface area contributed by atoms with E-state index in [1.807, 2.05) is 12.1 Å². The maximum Gasteiger partial charge on any atom is 0.192 e. The van der Waals surface area contributed by atoms with E-state index in [9.17, 15) is 5.11 Å². The standard InChI is InChI=1S/C11H9N3OS/c1-7-2-4-9(16-7)11-12-10-5-3-8(15)6-14(10)13-11/h2-6,15H,1H3. The van der Waals surface area contributed by atoms with Crippen LogP contribution in [0.15, 0.2) is 30.5 Å². The lowest BCUT2D eigenvalue weighted by atomic mass is 10.4. The zero-order valence-electron chi connectivity index (χ0n) is 8.58. The Morgan fingerprint density at radius 3 is 2.88 bits per heavy atom. The van der Waals surface area contributed by atoms with Gasteiger partial charge in [-0.3, -0.25) is 0 Å². The fourth-order valence-corrected chi connectivity index (χ4v) is 2.33. The minimum absolute atomic E-state index is 0.186. The van der Waals surface area contributed by atoms with Crippen LogP contribution in [0.25, 0.3) is 16.3 Å². The van der Waals surface area contributed by atoms with Crippen molar-refractivity contribution < 1.29 is 5.11 Å².